The van der Waals surface area contributed by atoms with Crippen molar-refractivity contribution in [2.24, 2.45) is 5.73 Å². The molecule has 0 amide bonds. The predicted octanol–water partition coefficient (Wildman–Crippen LogP) is -0.189. The molecule has 0 saturated heterocycles. The van der Waals surface area contributed by atoms with Gasteiger partial charge in [0.1, 0.15) is 6.04 Å². The number of carbonyl (C=O) groups is 1. The van der Waals surface area contributed by atoms with Gasteiger partial charge in [-0.1, -0.05) is 0 Å². The molecule has 19 heavy (non-hydrogen) atoms. The number of hydrogen-bond donors (Lipinski definition) is 2. The number of aromatic amines is 1. The van der Waals surface area contributed by atoms with Crippen LogP contribution in [-0.4, -0.2) is 40.3 Å². The van der Waals surface area contributed by atoms with Crippen molar-refractivity contribution in [3.05, 3.63) is 28.3 Å². The Morgan fingerprint density at radius 2 is 2.26 bits per heavy atom. The molecule has 3 N–H and O–H groups in total. The monoisotopic (exact) mass is 272 g/mol. The molecule has 0 aromatic carbocycles. The van der Waals surface area contributed by atoms with E-state index < -0.39 is 17.1 Å². The number of nitrogens with two attached hydrogens (primary N) is 1. The summed E-state index contributed by atoms with van der Waals surface area (Å²) < 4.78 is 4.94. The van der Waals surface area contributed by atoms with Gasteiger partial charge in [-0.15, -0.1) is 10.1 Å². The van der Waals surface area contributed by atoms with Crippen LogP contribution in [0.5, 0.6) is 0 Å². The molecule has 1 aromatic heterocycles. The van der Waals surface area contributed by atoms with Crippen molar-refractivity contribution < 1.29 is 19.5 Å². The highest BCUT2D eigenvalue weighted by atomic mass is 16.9. The number of nitrogens with zero attached hydrogens (tertiary/aromatic N) is 2. The number of rotatable bonds is 9. The second-order valence-corrected chi connectivity index (χ2v) is 3.82. The summed E-state index contributed by atoms with van der Waals surface area (Å²) in [6.07, 6.45) is 4.33. The lowest BCUT2D eigenvalue weighted by atomic mass is 10.2. The third kappa shape index (κ3) is 6.36. The van der Waals surface area contributed by atoms with E-state index in [4.69, 9.17) is 10.5 Å². The Bertz CT molecular complexity index is 395. The Morgan fingerprint density at radius 1 is 1.53 bits per heavy atom. The maximum atomic E-state index is 11.5. The Labute approximate surface area is 109 Å². The van der Waals surface area contributed by atoms with Crippen molar-refractivity contribution in [1.82, 2.24) is 9.97 Å². The lowest BCUT2D eigenvalue weighted by Crippen LogP contribution is -2.34. The molecule has 0 bridgehead atoms. The lowest BCUT2D eigenvalue weighted by molar-refractivity contribution is -0.757. The molecule has 106 valence electrons. The number of H-pyrrole nitrogens is 1. The third-order valence-electron chi connectivity index (χ3n) is 2.28. The fraction of sp³-hybridized carbons (Fsp3) is 0.600. The van der Waals surface area contributed by atoms with Crippen LogP contribution < -0.4 is 5.73 Å². The molecule has 0 fully saturated rings. The summed E-state index contributed by atoms with van der Waals surface area (Å²) in [5.41, 5.74) is 6.41. The van der Waals surface area contributed by atoms with Gasteiger partial charge in [0.2, 0.25) is 0 Å². The molecule has 0 aliphatic rings. The van der Waals surface area contributed by atoms with E-state index >= 15 is 0 Å². The fourth-order valence-electron chi connectivity index (χ4n) is 1.34. The number of esters is 1. The first-order valence-electron chi connectivity index (χ1n) is 5.76. The van der Waals surface area contributed by atoms with Crippen LogP contribution in [0.4, 0.5) is 0 Å². The summed E-state index contributed by atoms with van der Waals surface area (Å²) in [6, 6.07) is -0.754. The Kier molecular flexibility index (Phi) is 6.30. The second-order valence-electron chi connectivity index (χ2n) is 3.82. The van der Waals surface area contributed by atoms with Gasteiger partial charge in [0.15, 0.2) is 0 Å². The Balaban J connectivity index is 2.08. The molecular weight excluding hydrogens is 256 g/mol. The van der Waals surface area contributed by atoms with Crippen molar-refractivity contribution >= 4 is 5.97 Å². The maximum absolute atomic E-state index is 11.5. The van der Waals surface area contributed by atoms with Crippen molar-refractivity contribution in [2.45, 2.75) is 25.3 Å². The topological polar surface area (TPSA) is 133 Å². The van der Waals surface area contributed by atoms with Gasteiger partial charge in [-0.3, -0.25) is 4.79 Å². The van der Waals surface area contributed by atoms with Crippen LogP contribution in [0.15, 0.2) is 12.5 Å². The quantitative estimate of drug-likeness (QED) is 0.275. The van der Waals surface area contributed by atoms with Crippen molar-refractivity contribution in [3.63, 3.8) is 0 Å². The number of carbonyl (C=O) groups excluding carboxylic acids is 1. The Morgan fingerprint density at radius 3 is 2.89 bits per heavy atom. The van der Waals surface area contributed by atoms with E-state index in [1.54, 1.807) is 6.20 Å². The minimum absolute atomic E-state index is 0.00918. The fourth-order valence-corrected chi connectivity index (χ4v) is 1.34. The van der Waals surface area contributed by atoms with Crippen LogP contribution in [0.2, 0.25) is 0 Å². The van der Waals surface area contributed by atoms with Crippen LogP contribution in [-0.2, 0) is 20.8 Å². The summed E-state index contributed by atoms with van der Waals surface area (Å²) in [4.78, 5) is 32.1. The number of ether oxygens (including phenoxy) is 1. The van der Waals surface area contributed by atoms with Crippen molar-refractivity contribution in [2.75, 3.05) is 13.2 Å². The SMILES string of the molecule is N[C@@H](Cc1cnc[nH]1)C(=O)OCCCCO[N+](=O)[O-]. The predicted molar refractivity (Wildman–Crippen MR) is 63.4 cm³/mol. The molecule has 1 aromatic rings. The molecule has 9 nitrogen and oxygen atoms in total. The van der Waals surface area contributed by atoms with Gasteiger partial charge in [0.05, 0.1) is 19.5 Å². The number of imidazole rings is 1. The van der Waals surface area contributed by atoms with Gasteiger partial charge < -0.3 is 20.3 Å². The second kappa shape index (κ2) is 8.03. The minimum atomic E-state index is -0.855. The van der Waals surface area contributed by atoms with Gasteiger partial charge in [-0.2, -0.15) is 0 Å². The number of nitrogens with one attached hydrogen (secondary N) is 1. The lowest BCUT2D eigenvalue weighted by Gasteiger charge is -2.10. The van der Waals surface area contributed by atoms with Gasteiger partial charge in [-0.25, -0.2) is 4.98 Å². The third-order valence-corrected chi connectivity index (χ3v) is 2.28. The Hall–Kier alpha value is -2.16. The number of aromatic nitrogens is 2. The average molecular weight is 272 g/mol. The summed E-state index contributed by atoms with van der Waals surface area (Å²) in [5, 5.41) is 9.00. The van der Waals surface area contributed by atoms with Crippen LogP contribution in [0.25, 0.3) is 0 Å². The standard InChI is InChI=1S/C10H16N4O5/c11-9(5-8-6-12-7-13-8)10(15)18-3-1-2-4-19-14(16)17/h6-7,9H,1-5,11H2,(H,12,13)/t9-/m0/s1. The first kappa shape index (κ1) is 14.9. The summed E-state index contributed by atoms with van der Waals surface area (Å²) >= 11 is 0. The smallest absolute Gasteiger partial charge is 0.323 e. The van der Waals surface area contributed by atoms with E-state index in [1.165, 1.54) is 6.33 Å². The molecule has 0 aliphatic heterocycles. The zero-order chi connectivity index (χ0) is 14.1. The van der Waals surface area contributed by atoms with E-state index in [2.05, 4.69) is 14.8 Å². The van der Waals surface area contributed by atoms with Gasteiger partial charge >= 0.3 is 5.97 Å². The van der Waals surface area contributed by atoms with Crippen LogP contribution in [0.1, 0.15) is 18.5 Å². The van der Waals surface area contributed by atoms with E-state index in [1.807, 2.05) is 0 Å². The molecule has 1 rings (SSSR count). The largest absolute Gasteiger partial charge is 0.465 e. The summed E-state index contributed by atoms with van der Waals surface area (Å²) in [6.45, 7) is 0.154. The molecule has 1 heterocycles. The molecule has 1 atom stereocenters. The zero-order valence-corrected chi connectivity index (χ0v) is 10.3. The van der Waals surface area contributed by atoms with Crippen molar-refractivity contribution in [3.8, 4) is 0 Å². The summed E-state index contributed by atoms with van der Waals surface area (Å²) in [5.74, 6) is -0.509. The highest BCUT2D eigenvalue weighted by molar-refractivity contribution is 5.75. The molecule has 0 radical (unpaired) electrons. The van der Waals surface area contributed by atoms with E-state index in [0.29, 0.717) is 19.3 Å². The molecule has 0 saturated carbocycles. The number of unbranched alkanes of at least 4 members (excludes halogenated alkanes) is 1. The normalized spacial score (nSPS) is 11.8. The van der Waals surface area contributed by atoms with Gasteiger partial charge in [0.25, 0.3) is 5.09 Å². The van der Waals surface area contributed by atoms with Crippen LogP contribution in [0, 0.1) is 10.1 Å². The first-order chi connectivity index (χ1) is 9.09. The van der Waals surface area contributed by atoms with Gasteiger partial charge in [0, 0.05) is 18.3 Å². The van der Waals surface area contributed by atoms with E-state index in [0.717, 1.165) is 5.69 Å². The highest BCUT2D eigenvalue weighted by Crippen LogP contribution is 1.99. The molecule has 0 unspecified atom stereocenters. The maximum Gasteiger partial charge on any atom is 0.323 e. The van der Waals surface area contributed by atoms with E-state index in [9.17, 15) is 14.9 Å². The van der Waals surface area contributed by atoms with Crippen LogP contribution >= 0.6 is 0 Å². The molecule has 0 spiro atoms. The molecular formula is C10H16N4O5. The highest BCUT2D eigenvalue weighted by Gasteiger charge is 2.16. The first-order valence-corrected chi connectivity index (χ1v) is 5.76. The zero-order valence-electron chi connectivity index (χ0n) is 10.3. The number of hydrogen-bond acceptors (Lipinski definition) is 7. The average Bonchev–Trinajstić information content (AvgIpc) is 2.85. The summed E-state index contributed by atoms with van der Waals surface area (Å²) in [7, 11) is 0. The molecule has 9 heteroatoms. The van der Waals surface area contributed by atoms with Gasteiger partial charge in [-0.05, 0) is 12.8 Å². The molecule has 0 aliphatic carbocycles. The van der Waals surface area contributed by atoms with Crippen molar-refractivity contribution in [1.29, 1.82) is 0 Å². The minimum Gasteiger partial charge on any atom is -0.465 e. The van der Waals surface area contributed by atoms with Crippen LogP contribution in [0.3, 0.4) is 0 Å². The van der Waals surface area contributed by atoms with E-state index in [-0.39, 0.29) is 13.2 Å².